The predicted octanol–water partition coefficient (Wildman–Crippen LogP) is 4.25. The molecule has 2 saturated carbocycles. The number of likely N-dealkylation sites (tertiary alicyclic amines) is 1. The van der Waals surface area contributed by atoms with Crippen molar-refractivity contribution in [3.8, 4) is 0 Å². The monoisotopic (exact) mass is 512 g/mol. The number of imide groups is 1. The van der Waals surface area contributed by atoms with Crippen LogP contribution in [0.2, 0.25) is 0 Å². The van der Waals surface area contributed by atoms with Gasteiger partial charge in [-0.3, -0.25) is 19.3 Å². The van der Waals surface area contributed by atoms with Crippen LogP contribution >= 0.6 is 0 Å². The molecule has 7 nitrogen and oxygen atoms in total. The summed E-state index contributed by atoms with van der Waals surface area (Å²) in [4.78, 5) is 54.7. The number of esters is 1. The fourth-order valence-corrected chi connectivity index (χ4v) is 6.73. The van der Waals surface area contributed by atoms with Crippen LogP contribution in [0.3, 0.4) is 0 Å². The van der Waals surface area contributed by atoms with E-state index in [1.807, 2.05) is 37.3 Å². The van der Waals surface area contributed by atoms with Crippen LogP contribution in [0.15, 0.2) is 66.7 Å². The van der Waals surface area contributed by atoms with Crippen LogP contribution in [0.5, 0.6) is 0 Å². The van der Waals surface area contributed by atoms with Crippen LogP contribution in [-0.4, -0.2) is 41.2 Å². The first-order valence-corrected chi connectivity index (χ1v) is 13.6. The maximum atomic E-state index is 13.8. The molecule has 1 heterocycles. The normalized spacial score (nSPS) is 29.0. The van der Waals surface area contributed by atoms with Gasteiger partial charge in [0.15, 0.2) is 0 Å². The zero-order chi connectivity index (χ0) is 26.4. The number of nitrogens with one attached hydrogen (secondary N) is 1. The van der Waals surface area contributed by atoms with Crippen LogP contribution < -0.4 is 5.32 Å². The Hall–Kier alpha value is -3.74. The third-order valence-electron chi connectivity index (χ3n) is 8.70. The second kappa shape index (κ2) is 9.86. The SMILES string of the molecule is CCCCOC(=O)c1ccc(NC(=O)[C@H](Cc2ccccc2)N2C(=O)[C@H]3[C@@H]4C=C[C@H]([C@H]5C[C@H]45)[C@@H]3C2=O)cc1. The van der Waals surface area contributed by atoms with Gasteiger partial charge in [-0.05, 0) is 66.3 Å². The van der Waals surface area contributed by atoms with E-state index < -0.39 is 17.9 Å². The van der Waals surface area contributed by atoms with Crippen molar-refractivity contribution in [2.75, 3.05) is 11.9 Å². The number of carbonyl (C=O) groups is 4. The molecule has 2 aromatic rings. The van der Waals surface area contributed by atoms with Crippen molar-refractivity contribution in [3.63, 3.8) is 0 Å². The summed E-state index contributed by atoms with van der Waals surface area (Å²) in [7, 11) is 0. The minimum Gasteiger partial charge on any atom is -0.462 e. The minimum atomic E-state index is -0.961. The molecule has 7 heteroatoms. The number of amides is 3. The van der Waals surface area contributed by atoms with Gasteiger partial charge in [0.2, 0.25) is 17.7 Å². The van der Waals surface area contributed by atoms with E-state index in [2.05, 4.69) is 17.5 Å². The number of rotatable bonds is 9. The highest BCUT2D eigenvalue weighted by molar-refractivity contribution is 6.10. The van der Waals surface area contributed by atoms with E-state index in [0.29, 0.717) is 29.7 Å². The van der Waals surface area contributed by atoms with E-state index in [0.717, 1.165) is 24.8 Å². The smallest absolute Gasteiger partial charge is 0.338 e. The highest BCUT2D eigenvalue weighted by Crippen LogP contribution is 2.65. The van der Waals surface area contributed by atoms with E-state index in [-0.39, 0.29) is 41.9 Å². The molecular weight excluding hydrogens is 480 g/mol. The number of unbranched alkanes of at least 4 members (excludes halogenated alkanes) is 1. The van der Waals surface area contributed by atoms with Gasteiger partial charge in [0, 0.05) is 12.1 Å². The van der Waals surface area contributed by atoms with Gasteiger partial charge in [0.25, 0.3) is 0 Å². The standard InChI is InChI=1S/C31H32N2O5/c1-2-3-15-38-31(37)19-9-11-20(12-10-19)32-28(34)25(16-18-7-5-4-6-8-18)33-29(35)26-21-13-14-22(24-17-23(21)24)27(26)30(33)36/h4-14,21-27H,2-3,15-17H2,1H3,(H,32,34)/t21-,22-,23-,24-,25+,26+,27+/m1/s1. The summed E-state index contributed by atoms with van der Waals surface area (Å²) in [5.41, 5.74) is 1.75. The molecule has 3 amide bonds. The molecule has 1 aliphatic heterocycles. The molecule has 0 radical (unpaired) electrons. The van der Waals surface area contributed by atoms with E-state index in [1.165, 1.54) is 4.90 Å². The highest BCUT2D eigenvalue weighted by atomic mass is 16.5. The summed E-state index contributed by atoms with van der Waals surface area (Å²) >= 11 is 0. The Balaban J connectivity index is 1.22. The van der Waals surface area contributed by atoms with Gasteiger partial charge in [-0.25, -0.2) is 4.79 Å². The minimum absolute atomic E-state index is 0.0986. The highest BCUT2D eigenvalue weighted by Gasteiger charge is 2.67. The van der Waals surface area contributed by atoms with Crippen molar-refractivity contribution in [1.29, 1.82) is 0 Å². The lowest BCUT2D eigenvalue weighted by atomic mass is 9.63. The Bertz CT molecular complexity index is 1250. The number of hydrogen-bond acceptors (Lipinski definition) is 5. The summed E-state index contributed by atoms with van der Waals surface area (Å²) in [6.07, 6.45) is 7.33. The van der Waals surface area contributed by atoms with Gasteiger partial charge < -0.3 is 10.1 Å². The van der Waals surface area contributed by atoms with Crippen LogP contribution in [-0.2, 0) is 25.5 Å². The second-order valence-electron chi connectivity index (χ2n) is 11.0. The first-order chi connectivity index (χ1) is 18.5. The summed E-state index contributed by atoms with van der Waals surface area (Å²) in [5.74, 6) is -0.781. The quantitative estimate of drug-likeness (QED) is 0.235. The maximum absolute atomic E-state index is 13.8. The number of hydrogen-bond donors (Lipinski definition) is 1. The fraction of sp³-hybridized carbons (Fsp3) is 0.419. The third kappa shape index (κ3) is 4.24. The molecule has 2 bridgehead atoms. The Morgan fingerprint density at radius 1 is 0.947 bits per heavy atom. The van der Waals surface area contributed by atoms with E-state index in [1.54, 1.807) is 24.3 Å². The number of nitrogens with zero attached hydrogens (tertiary/aromatic N) is 1. The van der Waals surface area contributed by atoms with Crippen molar-refractivity contribution in [3.05, 3.63) is 77.9 Å². The first-order valence-electron chi connectivity index (χ1n) is 13.6. The molecule has 1 saturated heterocycles. The number of anilines is 1. The molecule has 1 N–H and O–H groups in total. The van der Waals surface area contributed by atoms with Gasteiger partial charge in [-0.2, -0.15) is 0 Å². The molecule has 5 aliphatic rings. The predicted molar refractivity (Wildman–Crippen MR) is 141 cm³/mol. The van der Waals surface area contributed by atoms with Gasteiger partial charge in [0.05, 0.1) is 24.0 Å². The lowest BCUT2D eigenvalue weighted by Gasteiger charge is -2.37. The third-order valence-corrected chi connectivity index (χ3v) is 8.70. The number of carbonyl (C=O) groups excluding carboxylic acids is 4. The molecule has 4 aliphatic carbocycles. The van der Waals surface area contributed by atoms with Crippen LogP contribution in [0.4, 0.5) is 5.69 Å². The van der Waals surface area contributed by atoms with Gasteiger partial charge >= 0.3 is 5.97 Å². The summed E-state index contributed by atoms with van der Waals surface area (Å²) in [5, 5.41) is 2.88. The molecule has 3 fully saturated rings. The summed E-state index contributed by atoms with van der Waals surface area (Å²) in [6, 6.07) is 15.0. The van der Waals surface area contributed by atoms with Gasteiger partial charge in [-0.1, -0.05) is 55.8 Å². The Morgan fingerprint density at radius 2 is 1.58 bits per heavy atom. The second-order valence-corrected chi connectivity index (χ2v) is 11.0. The molecule has 0 aromatic heterocycles. The summed E-state index contributed by atoms with van der Waals surface area (Å²) in [6.45, 7) is 2.39. The fourth-order valence-electron chi connectivity index (χ4n) is 6.73. The number of benzene rings is 2. The van der Waals surface area contributed by atoms with E-state index >= 15 is 0 Å². The summed E-state index contributed by atoms with van der Waals surface area (Å²) < 4.78 is 5.25. The van der Waals surface area contributed by atoms with Crippen molar-refractivity contribution >= 4 is 29.4 Å². The van der Waals surface area contributed by atoms with Crippen molar-refractivity contribution < 1.29 is 23.9 Å². The van der Waals surface area contributed by atoms with E-state index in [4.69, 9.17) is 4.74 Å². The molecule has 0 spiro atoms. The van der Waals surface area contributed by atoms with Crippen molar-refractivity contribution in [1.82, 2.24) is 4.90 Å². The molecule has 7 rings (SSSR count). The number of allylic oxidation sites excluding steroid dienone is 2. The first kappa shape index (κ1) is 24.6. The average molecular weight is 513 g/mol. The lowest BCUT2D eigenvalue weighted by molar-refractivity contribution is -0.146. The van der Waals surface area contributed by atoms with Gasteiger partial charge in [-0.15, -0.1) is 0 Å². The van der Waals surface area contributed by atoms with Crippen molar-refractivity contribution in [2.45, 2.75) is 38.6 Å². The maximum Gasteiger partial charge on any atom is 0.338 e. The molecule has 38 heavy (non-hydrogen) atoms. The number of ether oxygens (including phenoxy) is 1. The largest absolute Gasteiger partial charge is 0.462 e. The van der Waals surface area contributed by atoms with Crippen LogP contribution in [0.25, 0.3) is 0 Å². The average Bonchev–Trinajstić information content (AvgIpc) is 3.72. The van der Waals surface area contributed by atoms with Gasteiger partial charge in [0.1, 0.15) is 6.04 Å². The zero-order valence-electron chi connectivity index (χ0n) is 21.4. The molecular formula is C31H32N2O5. The Morgan fingerprint density at radius 3 is 2.18 bits per heavy atom. The lowest BCUT2D eigenvalue weighted by Crippen LogP contribution is -2.49. The van der Waals surface area contributed by atoms with Crippen molar-refractivity contribution in [2.24, 2.45) is 35.5 Å². The van der Waals surface area contributed by atoms with Crippen LogP contribution in [0.1, 0.15) is 42.1 Å². The molecule has 196 valence electrons. The zero-order valence-corrected chi connectivity index (χ0v) is 21.4. The van der Waals surface area contributed by atoms with E-state index in [9.17, 15) is 19.2 Å². The topological polar surface area (TPSA) is 92.8 Å². The Labute approximate surface area is 222 Å². The van der Waals surface area contributed by atoms with Crippen LogP contribution in [0, 0.1) is 35.5 Å². The molecule has 2 aromatic carbocycles. The Kier molecular flexibility index (Phi) is 6.38. The molecule has 0 unspecified atom stereocenters. The molecule has 7 atom stereocenters.